The maximum atomic E-state index is 13.6. The summed E-state index contributed by atoms with van der Waals surface area (Å²) in [6, 6.07) is 11.6. The number of aromatic nitrogens is 2. The van der Waals surface area contributed by atoms with Crippen LogP contribution < -0.4 is 26.4 Å². The van der Waals surface area contributed by atoms with Crippen molar-refractivity contribution in [1.82, 2.24) is 30.8 Å². The first-order valence-corrected chi connectivity index (χ1v) is 21.4. The van der Waals surface area contributed by atoms with E-state index in [1.54, 1.807) is 0 Å². The van der Waals surface area contributed by atoms with Gasteiger partial charge in [-0.25, -0.2) is 15.0 Å². The molecule has 0 aliphatic carbocycles. The number of aliphatic hydroxyl groups is 2. The Morgan fingerprint density at radius 1 is 0.969 bits per heavy atom. The first-order valence-electron chi connectivity index (χ1n) is 21.4. The highest BCUT2D eigenvalue weighted by Crippen LogP contribution is 2.34. The number of nitrogens with two attached hydrogens (primary N) is 1. The fraction of sp³-hybridized carbons (Fsp3) is 0.500. The lowest BCUT2D eigenvalue weighted by Gasteiger charge is -2.31. The summed E-state index contributed by atoms with van der Waals surface area (Å²) in [4.78, 5) is 68.9. The molecule has 21 nitrogen and oxygen atoms in total. The van der Waals surface area contributed by atoms with E-state index in [4.69, 9.17) is 29.4 Å². The topological polar surface area (TPSA) is 297 Å². The number of ether oxygens (including phenoxy) is 5. The van der Waals surface area contributed by atoms with Crippen molar-refractivity contribution in [2.24, 2.45) is 15.7 Å². The van der Waals surface area contributed by atoms with Gasteiger partial charge in [-0.2, -0.15) is 5.26 Å². The number of amidine groups is 1. The quantitative estimate of drug-likeness (QED) is 0.0132. The van der Waals surface area contributed by atoms with Crippen LogP contribution in [0.3, 0.4) is 0 Å². The molecule has 21 heteroatoms. The number of methoxy groups -OCH3 is 1. The van der Waals surface area contributed by atoms with E-state index in [-0.39, 0.29) is 74.2 Å². The molecule has 0 spiro atoms. The third-order valence-corrected chi connectivity index (χ3v) is 10.3. The highest BCUT2D eigenvalue weighted by atomic mass is 16.6. The number of ketones is 1. The first-order chi connectivity index (χ1) is 31.6. The number of amides is 3. The van der Waals surface area contributed by atoms with Gasteiger partial charge in [0, 0.05) is 45.4 Å². The molecular formula is C44H60N10O11. The number of carbonyl (C=O) groups is 4. The molecule has 4 rings (SSSR count). The number of H-pyrrole nitrogens is 1. The Bertz CT molecular complexity index is 2140. The highest BCUT2D eigenvalue weighted by Gasteiger charge is 2.31. The molecular weight excluding hydrogens is 845 g/mol. The van der Waals surface area contributed by atoms with Gasteiger partial charge in [-0.05, 0) is 43.9 Å². The van der Waals surface area contributed by atoms with Gasteiger partial charge in [0.2, 0.25) is 11.8 Å². The average Bonchev–Trinajstić information content (AvgIpc) is 3.79. The number of piperidine rings is 1. The molecule has 1 aliphatic rings. The fourth-order valence-corrected chi connectivity index (χ4v) is 6.58. The molecule has 1 aliphatic heterocycles. The molecule has 0 radical (unpaired) electrons. The summed E-state index contributed by atoms with van der Waals surface area (Å²) in [5.41, 5.74) is 7.60. The van der Waals surface area contributed by atoms with E-state index in [1.807, 2.05) is 37.3 Å². The van der Waals surface area contributed by atoms with E-state index in [0.29, 0.717) is 76.6 Å². The summed E-state index contributed by atoms with van der Waals surface area (Å²) in [5.74, 6) is -2.78. The van der Waals surface area contributed by atoms with Crippen LogP contribution in [0.4, 0.5) is 5.69 Å². The molecule has 65 heavy (non-hydrogen) atoms. The van der Waals surface area contributed by atoms with Gasteiger partial charge in [0.25, 0.3) is 17.6 Å². The maximum Gasteiger partial charge on any atom is 0.295 e. The lowest BCUT2D eigenvalue weighted by atomic mass is 9.93. The predicted molar refractivity (Wildman–Crippen MR) is 241 cm³/mol. The van der Waals surface area contributed by atoms with Gasteiger partial charge < -0.3 is 65.5 Å². The molecule has 0 atom stereocenters. The number of rotatable bonds is 28. The van der Waals surface area contributed by atoms with Crippen molar-refractivity contribution >= 4 is 57.8 Å². The van der Waals surface area contributed by atoms with Crippen LogP contribution in [0.5, 0.6) is 5.88 Å². The second-order valence-corrected chi connectivity index (χ2v) is 14.6. The maximum absolute atomic E-state index is 13.6. The number of nitriles is 1. The summed E-state index contributed by atoms with van der Waals surface area (Å²) < 4.78 is 26.8. The molecule has 1 aromatic carbocycles. The second kappa shape index (κ2) is 27.9. The number of hydrogen-bond donors (Lipinski definition) is 7. The molecule has 3 aromatic rings. The third kappa shape index (κ3) is 15.8. The van der Waals surface area contributed by atoms with E-state index in [9.17, 15) is 34.7 Å². The number of benzene rings is 1. The van der Waals surface area contributed by atoms with Crippen molar-refractivity contribution in [2.45, 2.75) is 38.1 Å². The first kappa shape index (κ1) is 51.5. The monoisotopic (exact) mass is 904 g/mol. The molecule has 3 heterocycles. The summed E-state index contributed by atoms with van der Waals surface area (Å²) in [6.07, 6.45) is 5.15. The Labute approximate surface area is 377 Å². The minimum absolute atomic E-state index is 0.0394. The number of carbonyl (C=O) groups excluding carboxylic acids is 4. The highest BCUT2D eigenvalue weighted by molar-refractivity contribution is 6.45. The zero-order chi connectivity index (χ0) is 46.9. The van der Waals surface area contributed by atoms with E-state index in [2.05, 4.69) is 42.0 Å². The van der Waals surface area contributed by atoms with Crippen LogP contribution in [0.1, 0.15) is 48.5 Å². The Morgan fingerprint density at radius 2 is 1.63 bits per heavy atom. The van der Waals surface area contributed by atoms with Crippen LogP contribution in [-0.4, -0.2) is 172 Å². The minimum Gasteiger partial charge on any atom is -0.480 e. The predicted octanol–water partition coefficient (Wildman–Crippen LogP) is 0.783. The SMILES string of the molecule is CCOCCOCCOCCOCCC(=O)NCC(CO)(CO)NCCCNC(=O)C(N)=NC=Nc1cnc(OC)c2c(C(=O)C(=O)N3CCC(=C(C#N)c4ccccc4)CC3)c[nH]c12. The molecule has 8 N–H and O–H groups in total. The van der Waals surface area contributed by atoms with Gasteiger partial charge in [0.05, 0.1) is 106 Å². The molecule has 0 saturated carbocycles. The van der Waals surface area contributed by atoms with Crippen LogP contribution in [-0.2, 0) is 33.3 Å². The molecule has 3 amide bonds. The van der Waals surface area contributed by atoms with Gasteiger partial charge in [-0.3, -0.25) is 19.2 Å². The van der Waals surface area contributed by atoms with Crippen molar-refractivity contribution in [3.8, 4) is 11.9 Å². The Hall–Kier alpha value is -6.12. The Kier molecular flexibility index (Phi) is 22.1. The number of nitrogens with zero attached hydrogens (tertiary/aromatic N) is 5. The number of likely N-dealkylation sites (tertiary alicyclic amines) is 1. The number of aliphatic imine (C=N–C) groups is 2. The van der Waals surface area contributed by atoms with Crippen LogP contribution in [0.2, 0.25) is 0 Å². The number of allylic oxidation sites excluding steroid dienone is 1. The van der Waals surface area contributed by atoms with Crippen molar-refractivity contribution < 1.29 is 53.1 Å². The molecule has 1 saturated heterocycles. The smallest absolute Gasteiger partial charge is 0.295 e. The van der Waals surface area contributed by atoms with E-state index < -0.39 is 42.2 Å². The standard InChI is InChI=1S/C44H60N10O11/c1-3-62-18-19-64-22-23-65-21-20-63-17-12-36(57)50-27-44(28-55,29-56)53-14-7-13-47-41(59)40(46)52-30-51-35-26-49-42(61-2)37-34(25-48-38(35)37)39(58)43(60)54-15-10-32(11-16-54)33(24-45)31-8-5-4-6-9-31/h4-6,8-9,25-26,30,48,53,55-56H,3,7,10-23,27-29H2,1-2H3,(H,47,59)(H,50,57)(H2,46,51,52). The summed E-state index contributed by atoms with van der Waals surface area (Å²) in [6.45, 7) is 5.29. The van der Waals surface area contributed by atoms with E-state index >= 15 is 0 Å². The van der Waals surface area contributed by atoms with Gasteiger partial charge >= 0.3 is 0 Å². The van der Waals surface area contributed by atoms with Crippen LogP contribution in [0, 0.1) is 11.3 Å². The summed E-state index contributed by atoms with van der Waals surface area (Å²) >= 11 is 0. The normalized spacial score (nSPS) is 13.2. The Morgan fingerprint density at radius 3 is 2.26 bits per heavy atom. The zero-order valence-corrected chi connectivity index (χ0v) is 36.9. The van der Waals surface area contributed by atoms with Crippen LogP contribution in [0.25, 0.3) is 16.5 Å². The van der Waals surface area contributed by atoms with Crippen molar-refractivity contribution in [3.05, 3.63) is 59.4 Å². The number of aromatic amines is 1. The largest absolute Gasteiger partial charge is 0.480 e. The third-order valence-electron chi connectivity index (χ3n) is 10.3. The van der Waals surface area contributed by atoms with Crippen LogP contribution in [0.15, 0.2) is 58.3 Å². The lowest BCUT2D eigenvalue weighted by molar-refractivity contribution is -0.127. The number of aliphatic hydroxyl groups excluding tert-OH is 2. The number of hydrogen-bond acceptors (Lipinski definition) is 15. The van der Waals surface area contributed by atoms with Crippen molar-refractivity contribution in [3.63, 3.8) is 0 Å². The minimum atomic E-state index is -1.21. The van der Waals surface area contributed by atoms with E-state index in [1.165, 1.54) is 24.4 Å². The molecule has 2 aromatic heterocycles. The summed E-state index contributed by atoms with van der Waals surface area (Å²) in [7, 11) is 1.38. The number of fused-ring (bicyclic) bond motifs is 1. The molecule has 352 valence electrons. The number of pyridine rings is 1. The van der Waals surface area contributed by atoms with E-state index in [0.717, 1.165) is 17.5 Å². The summed E-state index contributed by atoms with van der Waals surface area (Å²) in [5, 5.41) is 38.4. The van der Waals surface area contributed by atoms with Gasteiger partial charge in [-0.15, -0.1) is 0 Å². The average molecular weight is 905 g/mol. The molecule has 0 bridgehead atoms. The van der Waals surface area contributed by atoms with Crippen molar-refractivity contribution in [2.75, 3.05) is 106 Å². The second-order valence-electron chi connectivity index (χ2n) is 14.6. The molecule has 1 fully saturated rings. The van der Waals surface area contributed by atoms with Gasteiger partial charge in [-0.1, -0.05) is 30.3 Å². The van der Waals surface area contributed by atoms with Crippen molar-refractivity contribution in [1.29, 1.82) is 5.26 Å². The van der Waals surface area contributed by atoms with Gasteiger partial charge in [0.15, 0.2) is 5.84 Å². The molecule has 0 unspecified atom stereocenters. The van der Waals surface area contributed by atoms with Gasteiger partial charge in [0.1, 0.15) is 12.0 Å². The fourth-order valence-electron chi connectivity index (χ4n) is 6.58. The number of Topliss-reactive ketones (excluding diaryl/α,β-unsaturated/α-hetero) is 1. The number of nitrogens with one attached hydrogen (secondary N) is 4. The zero-order valence-electron chi connectivity index (χ0n) is 36.9. The van der Waals surface area contributed by atoms with Crippen LogP contribution >= 0.6 is 0 Å². The Balaban J connectivity index is 1.20. The lowest BCUT2D eigenvalue weighted by Crippen LogP contribution is -2.59.